The summed E-state index contributed by atoms with van der Waals surface area (Å²) < 4.78 is 5.25. The van der Waals surface area contributed by atoms with Crippen LogP contribution in [0.1, 0.15) is 6.92 Å². The summed E-state index contributed by atoms with van der Waals surface area (Å²) in [6.07, 6.45) is 0. The maximum absolute atomic E-state index is 9.62. The topological polar surface area (TPSA) is 49.7 Å². The van der Waals surface area contributed by atoms with Crippen molar-refractivity contribution in [2.75, 3.05) is 6.61 Å². The third-order valence-electron chi connectivity index (χ3n) is 2.20. The molecule has 0 saturated heterocycles. The lowest BCUT2D eigenvalue weighted by molar-refractivity contribution is 0.319. The van der Waals surface area contributed by atoms with Crippen molar-refractivity contribution in [1.82, 2.24) is 0 Å². The van der Waals surface area contributed by atoms with E-state index in [0.29, 0.717) is 12.4 Å². The van der Waals surface area contributed by atoms with Gasteiger partial charge in [-0.2, -0.15) is 0 Å². The first-order valence-corrected chi connectivity index (χ1v) is 4.79. The van der Waals surface area contributed by atoms with Gasteiger partial charge in [0, 0.05) is 0 Å². The first kappa shape index (κ1) is 9.65. The van der Waals surface area contributed by atoms with Crippen molar-refractivity contribution >= 4 is 10.8 Å². The van der Waals surface area contributed by atoms with Crippen molar-refractivity contribution in [3.05, 3.63) is 30.3 Å². The van der Waals surface area contributed by atoms with Crippen LogP contribution < -0.4 is 4.74 Å². The molecule has 15 heavy (non-hydrogen) atoms. The average Bonchev–Trinajstić information content (AvgIpc) is 2.20. The van der Waals surface area contributed by atoms with Gasteiger partial charge < -0.3 is 14.9 Å². The highest BCUT2D eigenvalue weighted by molar-refractivity contribution is 5.87. The summed E-state index contributed by atoms with van der Waals surface area (Å²) in [4.78, 5) is 0. The van der Waals surface area contributed by atoms with E-state index in [1.807, 2.05) is 6.92 Å². The van der Waals surface area contributed by atoms with E-state index in [-0.39, 0.29) is 11.5 Å². The van der Waals surface area contributed by atoms with Crippen LogP contribution in [-0.2, 0) is 0 Å². The summed E-state index contributed by atoms with van der Waals surface area (Å²) in [7, 11) is 0. The molecular weight excluding hydrogens is 192 g/mol. The Labute approximate surface area is 87.5 Å². The van der Waals surface area contributed by atoms with Gasteiger partial charge in [-0.05, 0) is 42.0 Å². The highest BCUT2D eigenvalue weighted by Gasteiger charge is 2.04. The van der Waals surface area contributed by atoms with E-state index in [0.717, 1.165) is 10.8 Å². The molecule has 0 heterocycles. The molecule has 0 atom stereocenters. The molecular formula is C12H12O3. The lowest BCUT2D eigenvalue weighted by Crippen LogP contribution is -1.91. The molecule has 2 N–H and O–H groups in total. The summed E-state index contributed by atoms with van der Waals surface area (Å²) >= 11 is 0. The van der Waals surface area contributed by atoms with Crippen molar-refractivity contribution in [3.8, 4) is 17.2 Å². The lowest BCUT2D eigenvalue weighted by atomic mass is 10.1. The van der Waals surface area contributed by atoms with Crippen LogP contribution in [0.25, 0.3) is 10.8 Å². The van der Waals surface area contributed by atoms with Gasteiger partial charge >= 0.3 is 0 Å². The largest absolute Gasteiger partial charge is 0.508 e. The molecule has 0 saturated carbocycles. The standard InChI is InChI=1S/C12H12O3/c1-2-15-12-7-9-5-10(13)4-3-8(9)6-11(12)14/h3-7,13-14H,2H2,1H3. The van der Waals surface area contributed by atoms with Crippen molar-refractivity contribution in [2.45, 2.75) is 6.92 Å². The van der Waals surface area contributed by atoms with E-state index >= 15 is 0 Å². The molecule has 2 rings (SSSR count). The lowest BCUT2D eigenvalue weighted by Gasteiger charge is -2.07. The molecule has 78 valence electrons. The monoisotopic (exact) mass is 204 g/mol. The zero-order valence-corrected chi connectivity index (χ0v) is 8.40. The number of hydrogen-bond acceptors (Lipinski definition) is 3. The average molecular weight is 204 g/mol. The molecule has 0 aliphatic rings. The van der Waals surface area contributed by atoms with Crippen LogP contribution in [0.3, 0.4) is 0 Å². The normalized spacial score (nSPS) is 10.5. The van der Waals surface area contributed by atoms with Gasteiger partial charge in [-0.3, -0.25) is 0 Å². The SMILES string of the molecule is CCOc1cc2cc(O)ccc2cc1O. The fourth-order valence-corrected chi connectivity index (χ4v) is 1.52. The quantitative estimate of drug-likeness (QED) is 0.790. The molecule has 0 aromatic heterocycles. The maximum Gasteiger partial charge on any atom is 0.161 e. The number of phenols is 2. The van der Waals surface area contributed by atoms with Crippen molar-refractivity contribution in [3.63, 3.8) is 0 Å². The van der Waals surface area contributed by atoms with Crippen LogP contribution >= 0.6 is 0 Å². The third kappa shape index (κ3) is 1.81. The van der Waals surface area contributed by atoms with Crippen LogP contribution in [0.5, 0.6) is 17.2 Å². The molecule has 3 heteroatoms. The highest BCUT2D eigenvalue weighted by Crippen LogP contribution is 2.32. The number of hydrogen-bond donors (Lipinski definition) is 2. The van der Waals surface area contributed by atoms with E-state index in [1.165, 1.54) is 0 Å². The van der Waals surface area contributed by atoms with Crippen LogP contribution in [0.4, 0.5) is 0 Å². The molecule has 2 aromatic rings. The summed E-state index contributed by atoms with van der Waals surface area (Å²) in [6.45, 7) is 2.35. The maximum atomic E-state index is 9.62. The molecule has 0 aliphatic heterocycles. The molecule has 0 unspecified atom stereocenters. The van der Waals surface area contributed by atoms with Gasteiger partial charge in [0.15, 0.2) is 11.5 Å². The van der Waals surface area contributed by atoms with Crippen LogP contribution in [0.15, 0.2) is 30.3 Å². The molecule has 2 aromatic carbocycles. The van der Waals surface area contributed by atoms with E-state index in [2.05, 4.69) is 0 Å². The van der Waals surface area contributed by atoms with Crippen molar-refractivity contribution in [1.29, 1.82) is 0 Å². The number of fused-ring (bicyclic) bond motifs is 1. The minimum absolute atomic E-state index is 0.120. The fourth-order valence-electron chi connectivity index (χ4n) is 1.52. The summed E-state index contributed by atoms with van der Waals surface area (Å²) in [5, 5.41) is 20.7. The van der Waals surface area contributed by atoms with Gasteiger partial charge in [0.05, 0.1) is 6.61 Å². The number of phenolic OH excluding ortho intramolecular Hbond substituents is 2. The first-order chi connectivity index (χ1) is 7.20. The summed E-state index contributed by atoms with van der Waals surface area (Å²) in [5.41, 5.74) is 0. The number of rotatable bonds is 2. The van der Waals surface area contributed by atoms with E-state index < -0.39 is 0 Å². The van der Waals surface area contributed by atoms with Gasteiger partial charge in [0.1, 0.15) is 5.75 Å². The molecule has 0 aliphatic carbocycles. The Kier molecular flexibility index (Phi) is 2.37. The Balaban J connectivity index is 2.61. The van der Waals surface area contributed by atoms with E-state index in [4.69, 9.17) is 4.74 Å². The van der Waals surface area contributed by atoms with Crippen LogP contribution in [0, 0.1) is 0 Å². The minimum atomic E-state index is 0.120. The van der Waals surface area contributed by atoms with E-state index in [9.17, 15) is 10.2 Å². The first-order valence-electron chi connectivity index (χ1n) is 4.79. The highest BCUT2D eigenvalue weighted by atomic mass is 16.5. The second-order valence-electron chi connectivity index (χ2n) is 3.28. The summed E-state index contributed by atoms with van der Waals surface area (Å²) in [5.74, 6) is 0.765. The summed E-state index contributed by atoms with van der Waals surface area (Å²) in [6, 6.07) is 8.31. The number of benzene rings is 2. The predicted molar refractivity (Wildman–Crippen MR) is 58.4 cm³/mol. The van der Waals surface area contributed by atoms with Gasteiger partial charge in [-0.15, -0.1) is 0 Å². The van der Waals surface area contributed by atoms with Gasteiger partial charge in [-0.25, -0.2) is 0 Å². The Hall–Kier alpha value is -1.90. The molecule has 0 radical (unpaired) electrons. The second kappa shape index (κ2) is 3.69. The Morgan fingerprint density at radius 3 is 2.60 bits per heavy atom. The van der Waals surface area contributed by atoms with Gasteiger partial charge in [0.25, 0.3) is 0 Å². The van der Waals surface area contributed by atoms with Crippen molar-refractivity contribution in [2.24, 2.45) is 0 Å². The minimum Gasteiger partial charge on any atom is -0.508 e. The fraction of sp³-hybridized carbons (Fsp3) is 0.167. The zero-order valence-electron chi connectivity index (χ0n) is 8.40. The third-order valence-corrected chi connectivity index (χ3v) is 2.20. The number of ether oxygens (including phenoxy) is 1. The van der Waals surface area contributed by atoms with Crippen molar-refractivity contribution < 1.29 is 14.9 Å². The Morgan fingerprint density at radius 2 is 1.87 bits per heavy atom. The molecule has 0 fully saturated rings. The van der Waals surface area contributed by atoms with Crippen LogP contribution in [0.2, 0.25) is 0 Å². The smallest absolute Gasteiger partial charge is 0.161 e. The van der Waals surface area contributed by atoms with Gasteiger partial charge in [0.2, 0.25) is 0 Å². The molecule has 0 bridgehead atoms. The molecule has 0 spiro atoms. The van der Waals surface area contributed by atoms with Crippen LogP contribution in [-0.4, -0.2) is 16.8 Å². The Bertz CT molecular complexity index is 491. The second-order valence-corrected chi connectivity index (χ2v) is 3.28. The van der Waals surface area contributed by atoms with Gasteiger partial charge in [-0.1, -0.05) is 6.07 Å². The molecule has 3 nitrogen and oxygen atoms in total. The predicted octanol–water partition coefficient (Wildman–Crippen LogP) is 2.65. The number of aromatic hydroxyl groups is 2. The zero-order chi connectivity index (χ0) is 10.8. The van der Waals surface area contributed by atoms with E-state index in [1.54, 1.807) is 30.3 Å². The Morgan fingerprint density at radius 1 is 1.07 bits per heavy atom. The molecule has 0 amide bonds.